The van der Waals surface area contributed by atoms with Crippen molar-refractivity contribution in [2.75, 3.05) is 27.1 Å². The summed E-state index contributed by atoms with van der Waals surface area (Å²) in [5.41, 5.74) is 9.76. The standard InChI is InChI=1S/C20H25N3O3/c1-6-8-15-13(7-2)18(14(11-21)20(22)23-15)19-16(25-4)9-12(24-3)10-17(19)26-5/h9-10H,6-8H2,1-5H3,(H2,22,23). The van der Waals surface area contributed by atoms with E-state index >= 15 is 0 Å². The number of benzene rings is 1. The van der Waals surface area contributed by atoms with Gasteiger partial charge in [0.15, 0.2) is 0 Å². The fourth-order valence-electron chi connectivity index (χ4n) is 3.16. The van der Waals surface area contributed by atoms with Gasteiger partial charge >= 0.3 is 0 Å². The predicted molar refractivity (Wildman–Crippen MR) is 102 cm³/mol. The summed E-state index contributed by atoms with van der Waals surface area (Å²) in [6.45, 7) is 4.13. The number of hydrogen-bond donors (Lipinski definition) is 1. The summed E-state index contributed by atoms with van der Waals surface area (Å²) in [6.07, 6.45) is 2.43. The molecule has 2 aromatic rings. The lowest BCUT2D eigenvalue weighted by molar-refractivity contribution is 0.377. The SMILES string of the molecule is CCCc1nc(N)c(C#N)c(-c2c(OC)cc(OC)cc2OC)c1CC. The molecule has 138 valence electrons. The van der Waals surface area contributed by atoms with Gasteiger partial charge in [-0.1, -0.05) is 20.3 Å². The van der Waals surface area contributed by atoms with Crippen LogP contribution in [0.25, 0.3) is 11.1 Å². The zero-order chi connectivity index (χ0) is 19.3. The number of pyridine rings is 1. The van der Waals surface area contributed by atoms with E-state index in [9.17, 15) is 5.26 Å². The molecule has 6 heteroatoms. The van der Waals surface area contributed by atoms with Gasteiger partial charge in [-0.3, -0.25) is 0 Å². The lowest BCUT2D eigenvalue weighted by atomic mass is 9.90. The van der Waals surface area contributed by atoms with Gasteiger partial charge in [0.2, 0.25) is 0 Å². The van der Waals surface area contributed by atoms with Crippen LogP contribution in [0.2, 0.25) is 0 Å². The minimum atomic E-state index is 0.225. The first-order valence-corrected chi connectivity index (χ1v) is 8.57. The number of aromatic nitrogens is 1. The van der Waals surface area contributed by atoms with Crippen molar-refractivity contribution in [1.82, 2.24) is 4.98 Å². The monoisotopic (exact) mass is 355 g/mol. The van der Waals surface area contributed by atoms with Crippen molar-refractivity contribution in [1.29, 1.82) is 5.26 Å². The number of nitrogens with zero attached hydrogens (tertiary/aromatic N) is 2. The van der Waals surface area contributed by atoms with Crippen LogP contribution < -0.4 is 19.9 Å². The smallest absolute Gasteiger partial charge is 0.142 e. The Labute approximate surface area is 154 Å². The van der Waals surface area contributed by atoms with Crippen LogP contribution in [0.4, 0.5) is 5.82 Å². The number of rotatable bonds is 7. The van der Waals surface area contributed by atoms with Crippen molar-refractivity contribution < 1.29 is 14.2 Å². The average molecular weight is 355 g/mol. The number of nitrogen functional groups attached to an aromatic ring is 1. The van der Waals surface area contributed by atoms with E-state index in [1.54, 1.807) is 33.5 Å². The second-order valence-corrected chi connectivity index (χ2v) is 5.79. The summed E-state index contributed by atoms with van der Waals surface area (Å²) < 4.78 is 16.5. The first-order chi connectivity index (χ1) is 12.6. The molecule has 6 nitrogen and oxygen atoms in total. The molecule has 1 aromatic heterocycles. The van der Waals surface area contributed by atoms with Crippen LogP contribution in [0.15, 0.2) is 12.1 Å². The Morgan fingerprint density at radius 1 is 1.04 bits per heavy atom. The molecule has 0 atom stereocenters. The summed E-state index contributed by atoms with van der Waals surface area (Å²) in [4.78, 5) is 4.48. The molecule has 0 radical (unpaired) electrons. The topological polar surface area (TPSA) is 90.4 Å². The molecule has 0 aliphatic rings. The Morgan fingerprint density at radius 2 is 1.65 bits per heavy atom. The summed E-state index contributed by atoms with van der Waals surface area (Å²) >= 11 is 0. The highest BCUT2D eigenvalue weighted by Crippen LogP contribution is 2.46. The van der Waals surface area contributed by atoms with Gasteiger partial charge in [-0.25, -0.2) is 4.98 Å². The highest BCUT2D eigenvalue weighted by molar-refractivity contribution is 5.87. The molecule has 2 rings (SSSR count). The van der Waals surface area contributed by atoms with E-state index in [-0.39, 0.29) is 5.82 Å². The average Bonchev–Trinajstić information content (AvgIpc) is 2.66. The third-order valence-corrected chi connectivity index (χ3v) is 4.33. The van der Waals surface area contributed by atoms with Gasteiger partial charge in [0.05, 0.1) is 26.9 Å². The minimum Gasteiger partial charge on any atom is -0.496 e. The normalized spacial score (nSPS) is 10.3. The van der Waals surface area contributed by atoms with Crippen LogP contribution in [0.5, 0.6) is 17.2 Å². The first kappa shape index (κ1) is 19.4. The lowest BCUT2D eigenvalue weighted by Gasteiger charge is -2.21. The van der Waals surface area contributed by atoms with Crippen molar-refractivity contribution >= 4 is 5.82 Å². The van der Waals surface area contributed by atoms with E-state index in [1.807, 2.05) is 6.92 Å². The number of anilines is 1. The summed E-state index contributed by atoms with van der Waals surface area (Å²) in [5, 5.41) is 9.75. The van der Waals surface area contributed by atoms with Gasteiger partial charge in [-0.15, -0.1) is 0 Å². The molecule has 0 fully saturated rings. The van der Waals surface area contributed by atoms with Gasteiger partial charge in [0, 0.05) is 23.4 Å². The Hall–Kier alpha value is -2.94. The second-order valence-electron chi connectivity index (χ2n) is 5.79. The number of ether oxygens (including phenoxy) is 3. The Balaban J connectivity index is 2.97. The molecule has 2 N–H and O–H groups in total. The number of methoxy groups -OCH3 is 3. The van der Waals surface area contributed by atoms with E-state index in [1.165, 1.54) is 0 Å². The summed E-state index contributed by atoms with van der Waals surface area (Å²) in [5.74, 6) is 1.94. The second kappa shape index (κ2) is 8.43. The zero-order valence-corrected chi connectivity index (χ0v) is 16.0. The fraction of sp³-hybridized carbons (Fsp3) is 0.400. The van der Waals surface area contributed by atoms with E-state index in [0.717, 1.165) is 29.7 Å². The molecular formula is C20H25N3O3. The van der Waals surface area contributed by atoms with E-state index in [4.69, 9.17) is 19.9 Å². The number of nitriles is 1. The molecule has 0 spiro atoms. The maximum Gasteiger partial charge on any atom is 0.142 e. The molecule has 0 unspecified atom stereocenters. The van der Waals surface area contributed by atoms with E-state index in [2.05, 4.69) is 18.0 Å². The maximum atomic E-state index is 9.75. The largest absolute Gasteiger partial charge is 0.496 e. The van der Waals surface area contributed by atoms with Gasteiger partial charge in [0.25, 0.3) is 0 Å². The van der Waals surface area contributed by atoms with Crippen molar-refractivity contribution in [3.05, 3.63) is 29.0 Å². The van der Waals surface area contributed by atoms with Gasteiger partial charge in [0.1, 0.15) is 34.7 Å². The number of nitrogens with two attached hydrogens (primary N) is 1. The molecule has 0 amide bonds. The quantitative estimate of drug-likeness (QED) is 0.813. The van der Waals surface area contributed by atoms with Crippen molar-refractivity contribution in [3.8, 4) is 34.4 Å². The lowest BCUT2D eigenvalue weighted by Crippen LogP contribution is -2.09. The van der Waals surface area contributed by atoms with E-state index < -0.39 is 0 Å². The van der Waals surface area contributed by atoms with Crippen molar-refractivity contribution in [3.63, 3.8) is 0 Å². The fourth-order valence-corrected chi connectivity index (χ4v) is 3.16. The van der Waals surface area contributed by atoms with Gasteiger partial charge in [-0.05, 0) is 18.4 Å². The first-order valence-electron chi connectivity index (χ1n) is 8.57. The highest BCUT2D eigenvalue weighted by atomic mass is 16.5. The predicted octanol–water partition coefficient (Wildman–Crippen LogP) is 3.74. The molecule has 1 heterocycles. The number of aryl methyl sites for hydroxylation is 1. The Bertz CT molecular complexity index is 816. The third kappa shape index (κ3) is 3.38. The van der Waals surface area contributed by atoms with Gasteiger partial charge in [-0.2, -0.15) is 5.26 Å². The molecule has 0 bridgehead atoms. The molecule has 26 heavy (non-hydrogen) atoms. The zero-order valence-electron chi connectivity index (χ0n) is 16.0. The summed E-state index contributed by atoms with van der Waals surface area (Å²) in [6, 6.07) is 5.75. The maximum absolute atomic E-state index is 9.75. The van der Waals surface area contributed by atoms with Crippen LogP contribution >= 0.6 is 0 Å². The third-order valence-electron chi connectivity index (χ3n) is 4.33. The van der Waals surface area contributed by atoms with Crippen LogP contribution in [-0.2, 0) is 12.8 Å². The van der Waals surface area contributed by atoms with Crippen LogP contribution in [-0.4, -0.2) is 26.3 Å². The molecule has 0 aliphatic carbocycles. The summed E-state index contributed by atoms with van der Waals surface area (Å²) in [7, 11) is 4.73. The Kier molecular flexibility index (Phi) is 6.29. The van der Waals surface area contributed by atoms with Crippen LogP contribution in [0, 0.1) is 11.3 Å². The minimum absolute atomic E-state index is 0.225. The van der Waals surface area contributed by atoms with Gasteiger partial charge < -0.3 is 19.9 Å². The van der Waals surface area contributed by atoms with Crippen molar-refractivity contribution in [2.45, 2.75) is 33.1 Å². The molecule has 0 aliphatic heterocycles. The van der Waals surface area contributed by atoms with Crippen LogP contribution in [0.3, 0.4) is 0 Å². The molecule has 0 saturated heterocycles. The molecule has 1 aromatic carbocycles. The number of hydrogen-bond acceptors (Lipinski definition) is 6. The molecular weight excluding hydrogens is 330 g/mol. The highest BCUT2D eigenvalue weighted by Gasteiger charge is 2.25. The Morgan fingerprint density at radius 3 is 2.08 bits per heavy atom. The molecule has 0 saturated carbocycles. The van der Waals surface area contributed by atoms with Crippen molar-refractivity contribution in [2.24, 2.45) is 0 Å². The van der Waals surface area contributed by atoms with E-state index in [0.29, 0.717) is 34.8 Å². The van der Waals surface area contributed by atoms with Crippen LogP contribution in [0.1, 0.15) is 37.1 Å².